The van der Waals surface area contributed by atoms with Crippen molar-refractivity contribution < 1.29 is 22.7 Å². The van der Waals surface area contributed by atoms with Gasteiger partial charge in [0.15, 0.2) is 16.7 Å². The summed E-state index contributed by atoms with van der Waals surface area (Å²) in [6, 6.07) is 12.4. The summed E-state index contributed by atoms with van der Waals surface area (Å²) in [7, 11) is -3.57. The van der Waals surface area contributed by atoms with Crippen molar-refractivity contribution in [2.24, 2.45) is 0 Å². The highest BCUT2D eigenvalue weighted by Gasteiger charge is 2.17. The maximum atomic E-state index is 13.2. The number of amides is 1. The average molecular weight is 477 g/mol. The molecular weight excluding hydrogens is 456 g/mol. The fraction of sp³-hybridized carbons (Fsp3) is 0.250. The number of carbonyl (C=O) groups excluding carboxylic acids is 1. The molecule has 32 heavy (non-hydrogen) atoms. The summed E-state index contributed by atoms with van der Waals surface area (Å²) >= 11 is 1.04. The smallest absolute Gasteiger partial charge is 0.262 e. The number of thioether (sulfide) groups is 1. The summed E-state index contributed by atoms with van der Waals surface area (Å²) in [4.78, 5) is 31.9. The number of carbonyl (C=O) groups is 1. The molecule has 1 aliphatic rings. The summed E-state index contributed by atoms with van der Waals surface area (Å²) in [5.41, 5.74) is 3.21. The lowest BCUT2D eigenvalue weighted by molar-refractivity contribution is -0.119. The highest BCUT2D eigenvalue weighted by atomic mass is 32.2. The average Bonchev–Trinajstić information content (AvgIpc) is 3.26. The Morgan fingerprint density at radius 2 is 1.97 bits per heavy atom. The van der Waals surface area contributed by atoms with Crippen molar-refractivity contribution >= 4 is 38.6 Å². The predicted octanol–water partition coefficient (Wildman–Crippen LogP) is 1.24. The lowest BCUT2D eigenvalue weighted by Crippen LogP contribution is -2.43. The second-order valence-electron chi connectivity index (χ2n) is 6.83. The van der Waals surface area contributed by atoms with E-state index in [4.69, 9.17) is 9.47 Å². The lowest BCUT2D eigenvalue weighted by atomic mass is 10.2. The zero-order chi connectivity index (χ0) is 22.7. The molecule has 1 aromatic heterocycles. The van der Waals surface area contributed by atoms with Crippen LogP contribution < -0.4 is 25.3 Å². The standard InChI is InChI=1S/C20H20N4O6S2/c1-2-32(27,28)23-22-18(25)11-31-20-21-15-6-4-3-5-14(15)19(26)24(20)10-13-7-8-16-17(9-13)30-12-29-16/h3-9,23H,2,10-12H2,1H3,(H,22,25). The zero-order valence-corrected chi connectivity index (χ0v) is 18.7. The molecule has 0 unspecified atom stereocenters. The number of benzene rings is 2. The summed E-state index contributed by atoms with van der Waals surface area (Å²) in [5.74, 6) is 0.364. The molecule has 1 amide bonds. The number of para-hydroxylation sites is 1. The van der Waals surface area contributed by atoms with E-state index < -0.39 is 15.9 Å². The van der Waals surface area contributed by atoms with E-state index >= 15 is 0 Å². The Bertz CT molecular complexity index is 1340. The van der Waals surface area contributed by atoms with Gasteiger partial charge in [0.05, 0.1) is 29.0 Å². The SMILES string of the molecule is CCS(=O)(=O)NNC(=O)CSc1nc2ccccc2c(=O)n1Cc1ccc2c(c1)OCO2. The van der Waals surface area contributed by atoms with Crippen LogP contribution in [0.1, 0.15) is 12.5 Å². The lowest BCUT2D eigenvalue weighted by Gasteiger charge is -2.14. The van der Waals surface area contributed by atoms with Crippen LogP contribution in [0.4, 0.5) is 0 Å². The molecule has 12 heteroatoms. The Morgan fingerprint density at radius 1 is 1.19 bits per heavy atom. The minimum atomic E-state index is -3.57. The summed E-state index contributed by atoms with van der Waals surface area (Å²) in [6.45, 7) is 1.81. The van der Waals surface area contributed by atoms with Crippen LogP contribution in [0.25, 0.3) is 10.9 Å². The highest BCUT2D eigenvalue weighted by Crippen LogP contribution is 2.33. The van der Waals surface area contributed by atoms with Gasteiger partial charge in [-0.15, -0.1) is 4.83 Å². The minimum Gasteiger partial charge on any atom is -0.454 e. The number of ether oxygens (including phenoxy) is 2. The van der Waals surface area contributed by atoms with Crippen LogP contribution in [-0.4, -0.2) is 42.2 Å². The van der Waals surface area contributed by atoms with Crippen LogP contribution in [0.2, 0.25) is 0 Å². The number of sulfonamides is 1. The Balaban J connectivity index is 1.61. The Morgan fingerprint density at radius 3 is 2.78 bits per heavy atom. The number of nitrogens with zero attached hydrogens (tertiary/aromatic N) is 2. The van der Waals surface area contributed by atoms with Crippen molar-refractivity contribution in [3.05, 3.63) is 58.4 Å². The zero-order valence-electron chi connectivity index (χ0n) is 17.0. The fourth-order valence-corrected chi connectivity index (χ4v) is 4.20. The molecule has 10 nitrogen and oxygen atoms in total. The van der Waals surface area contributed by atoms with E-state index in [1.165, 1.54) is 11.5 Å². The number of hydrogen-bond donors (Lipinski definition) is 2. The van der Waals surface area contributed by atoms with Crippen molar-refractivity contribution in [3.63, 3.8) is 0 Å². The normalized spacial score (nSPS) is 12.8. The third-order valence-electron chi connectivity index (χ3n) is 4.66. The number of hydrazine groups is 1. The molecule has 2 N–H and O–H groups in total. The van der Waals surface area contributed by atoms with Gasteiger partial charge in [-0.25, -0.2) is 13.4 Å². The highest BCUT2D eigenvalue weighted by molar-refractivity contribution is 7.99. The number of aromatic nitrogens is 2. The molecule has 168 valence electrons. The number of rotatable bonds is 8. The van der Waals surface area contributed by atoms with E-state index in [2.05, 4.69) is 10.4 Å². The fourth-order valence-electron chi connectivity index (χ4n) is 2.99. The van der Waals surface area contributed by atoms with Gasteiger partial charge in [-0.1, -0.05) is 30.0 Å². The minimum absolute atomic E-state index is 0.141. The van der Waals surface area contributed by atoms with Gasteiger partial charge >= 0.3 is 0 Å². The van der Waals surface area contributed by atoms with Crippen LogP contribution in [-0.2, 0) is 21.4 Å². The summed E-state index contributed by atoms with van der Waals surface area (Å²) < 4.78 is 35.2. The van der Waals surface area contributed by atoms with Crippen molar-refractivity contribution in [2.75, 3.05) is 18.3 Å². The molecule has 3 aromatic rings. The van der Waals surface area contributed by atoms with E-state index in [0.717, 1.165) is 17.3 Å². The van der Waals surface area contributed by atoms with Gasteiger partial charge in [-0.3, -0.25) is 19.6 Å². The van der Waals surface area contributed by atoms with Crippen LogP contribution in [0.3, 0.4) is 0 Å². The molecule has 0 spiro atoms. The van der Waals surface area contributed by atoms with Crippen LogP contribution in [0, 0.1) is 0 Å². The van der Waals surface area contributed by atoms with Crippen molar-refractivity contribution in [1.82, 2.24) is 19.8 Å². The first-order chi connectivity index (χ1) is 15.4. The second kappa shape index (κ2) is 9.18. The summed E-state index contributed by atoms with van der Waals surface area (Å²) in [5, 5.41) is 0.789. The molecule has 0 fully saturated rings. The van der Waals surface area contributed by atoms with Gasteiger partial charge in [0, 0.05) is 0 Å². The van der Waals surface area contributed by atoms with Crippen LogP contribution in [0.15, 0.2) is 52.4 Å². The molecule has 2 aromatic carbocycles. The van der Waals surface area contributed by atoms with E-state index in [1.54, 1.807) is 36.4 Å². The third kappa shape index (κ3) is 4.87. The summed E-state index contributed by atoms with van der Waals surface area (Å²) in [6.07, 6.45) is 0. The largest absolute Gasteiger partial charge is 0.454 e. The first-order valence-electron chi connectivity index (χ1n) is 9.65. The number of fused-ring (bicyclic) bond motifs is 2. The van der Waals surface area contributed by atoms with Gasteiger partial charge in [0.2, 0.25) is 22.7 Å². The molecule has 0 radical (unpaired) electrons. The van der Waals surface area contributed by atoms with E-state index in [9.17, 15) is 18.0 Å². The van der Waals surface area contributed by atoms with E-state index in [0.29, 0.717) is 27.6 Å². The van der Waals surface area contributed by atoms with Gasteiger partial charge in [-0.2, -0.15) is 0 Å². The molecule has 0 saturated heterocycles. The maximum Gasteiger partial charge on any atom is 0.262 e. The molecular formula is C20H20N4O6S2. The predicted molar refractivity (Wildman–Crippen MR) is 119 cm³/mol. The molecule has 0 saturated carbocycles. The molecule has 1 aliphatic heterocycles. The molecule has 4 rings (SSSR count). The van der Waals surface area contributed by atoms with Gasteiger partial charge in [0.25, 0.3) is 5.56 Å². The van der Waals surface area contributed by atoms with Crippen molar-refractivity contribution in [1.29, 1.82) is 0 Å². The Hall–Kier alpha value is -3.09. The second-order valence-corrected chi connectivity index (χ2v) is 9.79. The molecule has 2 heterocycles. The van der Waals surface area contributed by atoms with Crippen LogP contribution in [0.5, 0.6) is 11.5 Å². The first kappa shape index (κ1) is 22.1. The maximum absolute atomic E-state index is 13.2. The monoisotopic (exact) mass is 476 g/mol. The number of hydrogen-bond acceptors (Lipinski definition) is 8. The van der Waals surface area contributed by atoms with Crippen molar-refractivity contribution in [2.45, 2.75) is 18.6 Å². The molecule has 0 bridgehead atoms. The van der Waals surface area contributed by atoms with Gasteiger partial charge in [0.1, 0.15) is 0 Å². The molecule has 0 atom stereocenters. The van der Waals surface area contributed by atoms with E-state index in [1.807, 2.05) is 10.9 Å². The third-order valence-corrected chi connectivity index (χ3v) is 6.81. The first-order valence-corrected chi connectivity index (χ1v) is 12.3. The number of nitrogens with one attached hydrogen (secondary N) is 2. The van der Waals surface area contributed by atoms with Gasteiger partial charge in [-0.05, 0) is 36.8 Å². The quantitative estimate of drug-likeness (QED) is 0.282. The van der Waals surface area contributed by atoms with Gasteiger partial charge < -0.3 is 9.47 Å². The molecule has 0 aliphatic carbocycles. The van der Waals surface area contributed by atoms with Crippen molar-refractivity contribution in [3.8, 4) is 11.5 Å². The van der Waals surface area contributed by atoms with E-state index in [-0.39, 0.29) is 30.4 Å². The topological polar surface area (TPSA) is 129 Å². The Kier molecular flexibility index (Phi) is 6.35. The van der Waals surface area contributed by atoms with Crippen LogP contribution >= 0.6 is 11.8 Å². The Labute approximate surface area is 188 Å².